The van der Waals surface area contributed by atoms with Crippen LogP contribution in [0, 0.1) is 5.92 Å². The molecule has 0 aromatic heterocycles. The zero-order valence-corrected chi connectivity index (χ0v) is 17.4. The van der Waals surface area contributed by atoms with Gasteiger partial charge in [-0.05, 0) is 45.6 Å². The third-order valence-electron chi connectivity index (χ3n) is 6.80. The van der Waals surface area contributed by atoms with E-state index >= 15 is 0 Å². The Hall–Kier alpha value is -1.34. The van der Waals surface area contributed by atoms with Crippen molar-refractivity contribution < 1.29 is 9.53 Å². The van der Waals surface area contributed by atoms with E-state index in [2.05, 4.69) is 27.4 Å². The van der Waals surface area contributed by atoms with Gasteiger partial charge in [-0.1, -0.05) is 12.8 Å². The molecule has 1 saturated carbocycles. The van der Waals surface area contributed by atoms with Crippen LogP contribution in [0.4, 0.5) is 0 Å². The third kappa shape index (κ3) is 4.79. The molecule has 3 unspecified atom stereocenters. The van der Waals surface area contributed by atoms with Crippen molar-refractivity contribution in [2.75, 3.05) is 45.9 Å². The molecule has 2 N–H and O–H groups in total. The number of likely N-dealkylation sites (tertiary alicyclic amines) is 1. The largest absolute Gasteiger partial charge is 0.373 e. The molecule has 3 saturated heterocycles. The number of ether oxygens (including phenoxy) is 1. The van der Waals surface area contributed by atoms with Crippen LogP contribution in [0.5, 0.6) is 0 Å². The number of rotatable bonds is 5. The zero-order chi connectivity index (χ0) is 19.3. The van der Waals surface area contributed by atoms with E-state index < -0.39 is 0 Å². The fraction of sp³-hybridized carbons (Fsp3) is 0.905. The average Bonchev–Trinajstić information content (AvgIpc) is 3.46. The summed E-state index contributed by atoms with van der Waals surface area (Å²) in [6.45, 7) is 8.35. The summed E-state index contributed by atoms with van der Waals surface area (Å²) in [5.41, 5.74) is 0. The molecule has 0 spiro atoms. The predicted octanol–water partition coefficient (Wildman–Crippen LogP) is 1.20. The summed E-state index contributed by atoms with van der Waals surface area (Å²) in [6.07, 6.45) is 8.35. The fourth-order valence-corrected chi connectivity index (χ4v) is 5.21. The number of carbonyl (C=O) groups is 1. The number of fused-ring (bicyclic) bond motifs is 1. The number of carbonyl (C=O) groups excluding carboxylic acids is 1. The quantitative estimate of drug-likeness (QED) is 0.544. The lowest BCUT2D eigenvalue weighted by Crippen LogP contribution is -2.48. The van der Waals surface area contributed by atoms with Gasteiger partial charge in [0, 0.05) is 44.2 Å². The Morgan fingerprint density at radius 2 is 1.96 bits per heavy atom. The normalized spacial score (nSPS) is 32.0. The van der Waals surface area contributed by atoms with E-state index in [4.69, 9.17) is 9.73 Å². The lowest BCUT2D eigenvalue weighted by Gasteiger charge is -2.34. The van der Waals surface area contributed by atoms with Gasteiger partial charge in [0.25, 0.3) is 0 Å². The number of nitrogens with zero attached hydrogens (tertiary/aromatic N) is 3. The van der Waals surface area contributed by atoms with E-state index in [1.54, 1.807) is 0 Å². The van der Waals surface area contributed by atoms with Gasteiger partial charge < -0.3 is 20.3 Å². The van der Waals surface area contributed by atoms with Crippen molar-refractivity contribution in [3.05, 3.63) is 0 Å². The van der Waals surface area contributed by atoms with Gasteiger partial charge in [-0.15, -0.1) is 0 Å². The molecule has 3 heterocycles. The molecule has 0 aromatic carbocycles. The molecule has 4 aliphatic rings. The highest BCUT2D eigenvalue weighted by atomic mass is 16.5. The molecule has 4 fully saturated rings. The van der Waals surface area contributed by atoms with Gasteiger partial charge in [0.2, 0.25) is 5.91 Å². The highest BCUT2D eigenvalue weighted by molar-refractivity contribution is 5.81. The van der Waals surface area contributed by atoms with Gasteiger partial charge in [-0.2, -0.15) is 0 Å². The summed E-state index contributed by atoms with van der Waals surface area (Å²) in [7, 11) is 0. The van der Waals surface area contributed by atoms with E-state index in [1.165, 1.54) is 32.2 Å². The van der Waals surface area contributed by atoms with Crippen molar-refractivity contribution in [3.8, 4) is 0 Å². The van der Waals surface area contributed by atoms with Gasteiger partial charge in [0.15, 0.2) is 5.96 Å². The van der Waals surface area contributed by atoms with Crippen LogP contribution in [-0.2, 0) is 9.53 Å². The summed E-state index contributed by atoms with van der Waals surface area (Å²) in [5, 5.41) is 6.91. The fourth-order valence-electron chi connectivity index (χ4n) is 5.21. The maximum absolute atomic E-state index is 12.7. The number of hydrogen-bond acceptors (Lipinski definition) is 4. The van der Waals surface area contributed by atoms with E-state index in [0.717, 1.165) is 58.0 Å². The van der Waals surface area contributed by atoms with Gasteiger partial charge in [0.05, 0.1) is 19.3 Å². The molecule has 0 bridgehead atoms. The average molecular weight is 392 g/mol. The first kappa shape index (κ1) is 20.0. The summed E-state index contributed by atoms with van der Waals surface area (Å²) >= 11 is 0. The van der Waals surface area contributed by atoms with Crippen LogP contribution in [-0.4, -0.2) is 85.7 Å². The van der Waals surface area contributed by atoms with Crippen LogP contribution in [0.15, 0.2) is 4.99 Å². The Morgan fingerprint density at radius 1 is 1.11 bits per heavy atom. The minimum absolute atomic E-state index is 0.189. The monoisotopic (exact) mass is 391 g/mol. The van der Waals surface area contributed by atoms with E-state index in [-0.39, 0.29) is 12.0 Å². The van der Waals surface area contributed by atoms with Gasteiger partial charge in [-0.25, -0.2) is 0 Å². The summed E-state index contributed by atoms with van der Waals surface area (Å²) in [6, 6.07) is 0.923. The van der Waals surface area contributed by atoms with Crippen molar-refractivity contribution in [2.45, 2.75) is 70.1 Å². The first-order valence-electron chi connectivity index (χ1n) is 11.4. The second kappa shape index (κ2) is 9.44. The van der Waals surface area contributed by atoms with Crippen LogP contribution in [0.3, 0.4) is 0 Å². The second-order valence-electron chi connectivity index (χ2n) is 8.86. The lowest BCUT2D eigenvalue weighted by atomic mass is 10.1. The second-order valence-corrected chi connectivity index (χ2v) is 8.86. The van der Waals surface area contributed by atoms with Gasteiger partial charge in [0.1, 0.15) is 0 Å². The molecule has 0 radical (unpaired) electrons. The molecule has 7 nitrogen and oxygen atoms in total. The van der Waals surface area contributed by atoms with E-state index in [9.17, 15) is 4.79 Å². The summed E-state index contributed by atoms with van der Waals surface area (Å²) in [5.74, 6) is 1.51. The molecule has 0 aromatic rings. The maximum Gasteiger partial charge on any atom is 0.225 e. The molecule has 1 aliphatic carbocycles. The number of aliphatic imine (C=N–C) groups is 1. The molecule has 4 rings (SSSR count). The maximum atomic E-state index is 12.7. The molecule has 1 amide bonds. The SMILES string of the molecule is CCNC(=NCC1CN2CCCC2CO1)NC1CCN(C(=O)C2CCCC2)C1. The first-order valence-corrected chi connectivity index (χ1v) is 11.4. The summed E-state index contributed by atoms with van der Waals surface area (Å²) in [4.78, 5) is 22.1. The van der Waals surface area contributed by atoms with Crippen LogP contribution < -0.4 is 10.6 Å². The molecule has 28 heavy (non-hydrogen) atoms. The van der Waals surface area contributed by atoms with Gasteiger partial charge >= 0.3 is 0 Å². The number of morpholine rings is 1. The van der Waals surface area contributed by atoms with Crippen LogP contribution in [0.1, 0.15) is 51.9 Å². The van der Waals surface area contributed by atoms with Crippen LogP contribution >= 0.6 is 0 Å². The minimum atomic E-state index is 0.189. The van der Waals surface area contributed by atoms with Crippen LogP contribution in [0.2, 0.25) is 0 Å². The number of hydrogen-bond donors (Lipinski definition) is 2. The molecule has 3 atom stereocenters. The molecular weight excluding hydrogens is 354 g/mol. The van der Waals surface area contributed by atoms with E-state index in [0.29, 0.717) is 24.5 Å². The summed E-state index contributed by atoms with van der Waals surface area (Å²) < 4.78 is 6.04. The van der Waals surface area contributed by atoms with Gasteiger partial charge in [-0.3, -0.25) is 14.7 Å². The van der Waals surface area contributed by atoms with Crippen molar-refractivity contribution in [1.29, 1.82) is 0 Å². The van der Waals surface area contributed by atoms with Crippen LogP contribution in [0.25, 0.3) is 0 Å². The van der Waals surface area contributed by atoms with Crippen molar-refractivity contribution in [2.24, 2.45) is 10.9 Å². The Labute approximate surface area is 169 Å². The highest BCUT2D eigenvalue weighted by Crippen LogP contribution is 2.28. The highest BCUT2D eigenvalue weighted by Gasteiger charge is 2.33. The predicted molar refractivity (Wildman–Crippen MR) is 110 cm³/mol. The molecule has 7 heteroatoms. The van der Waals surface area contributed by atoms with E-state index in [1.807, 2.05) is 0 Å². The minimum Gasteiger partial charge on any atom is -0.373 e. The topological polar surface area (TPSA) is 69.2 Å². The smallest absolute Gasteiger partial charge is 0.225 e. The van der Waals surface area contributed by atoms with Crippen molar-refractivity contribution in [3.63, 3.8) is 0 Å². The number of amides is 1. The first-order chi connectivity index (χ1) is 13.7. The Balaban J connectivity index is 1.26. The molecular formula is C21H37N5O2. The number of guanidine groups is 1. The standard InChI is InChI=1S/C21H37N5O2/c1-2-22-21(23-12-19-14-25-10-5-8-18(25)15-28-19)24-17-9-11-26(13-17)20(27)16-6-3-4-7-16/h16-19H,2-15H2,1H3,(H2,22,23,24). The zero-order valence-electron chi connectivity index (χ0n) is 17.4. The molecule has 158 valence electrons. The Kier molecular flexibility index (Phi) is 6.73. The van der Waals surface area contributed by atoms with Crippen molar-refractivity contribution >= 4 is 11.9 Å². The van der Waals surface area contributed by atoms with Crippen molar-refractivity contribution in [1.82, 2.24) is 20.4 Å². The Morgan fingerprint density at radius 3 is 2.79 bits per heavy atom. The number of nitrogens with one attached hydrogen (secondary N) is 2. The Bertz CT molecular complexity index is 563. The lowest BCUT2D eigenvalue weighted by molar-refractivity contribution is -0.134. The third-order valence-corrected chi connectivity index (χ3v) is 6.80. The molecule has 3 aliphatic heterocycles.